The normalized spacial score (nSPS) is 26.6. The van der Waals surface area contributed by atoms with Crippen molar-refractivity contribution in [1.29, 1.82) is 0 Å². The van der Waals surface area contributed by atoms with Crippen LogP contribution in [0.15, 0.2) is 18.2 Å². The first-order chi connectivity index (χ1) is 18.3. The smallest absolute Gasteiger partial charge is 0.329 e. The fourth-order valence-corrected chi connectivity index (χ4v) is 6.15. The van der Waals surface area contributed by atoms with E-state index in [1.165, 1.54) is 23.1 Å². The van der Waals surface area contributed by atoms with Gasteiger partial charge >= 0.3 is 5.97 Å². The van der Waals surface area contributed by atoms with Crippen molar-refractivity contribution >= 4 is 17.8 Å². The van der Waals surface area contributed by atoms with Crippen molar-refractivity contribution in [2.24, 2.45) is 17.3 Å². The zero-order chi connectivity index (χ0) is 29.1. The molecule has 1 aliphatic carbocycles. The first-order valence-electron chi connectivity index (χ1n) is 14.3. The van der Waals surface area contributed by atoms with E-state index in [0.29, 0.717) is 37.3 Å². The molecule has 0 aromatic heterocycles. The largest absolute Gasteiger partial charge is 0.504 e. The number of hydrogen-bond acceptors (Lipinski definition) is 7. The molecule has 2 amide bonds. The average Bonchev–Trinajstić information content (AvgIpc) is 3.46. The summed E-state index contributed by atoms with van der Waals surface area (Å²) in [6, 6.07) is 2.43. The number of amides is 2. The Morgan fingerprint density at radius 3 is 2.41 bits per heavy atom. The summed E-state index contributed by atoms with van der Waals surface area (Å²) in [4.78, 5) is 41.7. The molecule has 1 saturated heterocycles. The van der Waals surface area contributed by atoms with Crippen molar-refractivity contribution in [3.63, 3.8) is 0 Å². The highest BCUT2D eigenvalue weighted by Crippen LogP contribution is 2.53. The molecule has 1 aromatic rings. The molecule has 1 saturated carbocycles. The van der Waals surface area contributed by atoms with Gasteiger partial charge < -0.3 is 30.3 Å². The van der Waals surface area contributed by atoms with Gasteiger partial charge in [-0.1, -0.05) is 53.5 Å². The molecule has 0 radical (unpaired) electrons. The highest BCUT2D eigenvalue weighted by molar-refractivity contribution is 5.92. The Hall–Kier alpha value is -2.81. The maximum absolute atomic E-state index is 13.8. The summed E-state index contributed by atoms with van der Waals surface area (Å²) >= 11 is 0. The van der Waals surface area contributed by atoms with Gasteiger partial charge in [-0.25, -0.2) is 4.79 Å². The van der Waals surface area contributed by atoms with Crippen LogP contribution in [0.1, 0.15) is 85.6 Å². The molecular formula is C30H46N2O7. The number of benzene rings is 1. The lowest BCUT2D eigenvalue weighted by Gasteiger charge is -2.42. The third kappa shape index (κ3) is 6.34. The lowest BCUT2D eigenvalue weighted by atomic mass is 9.72. The number of nitrogens with one attached hydrogen (secondary N) is 1. The predicted molar refractivity (Wildman–Crippen MR) is 147 cm³/mol. The molecule has 1 heterocycles. The number of phenolic OH excluding ortho intramolecular Hbond substituents is 2. The van der Waals surface area contributed by atoms with Crippen LogP contribution >= 0.6 is 0 Å². The molecule has 3 rings (SSSR count). The number of aliphatic hydroxyl groups is 1. The van der Waals surface area contributed by atoms with Gasteiger partial charge in [0, 0.05) is 18.4 Å². The second kappa shape index (κ2) is 12.1. The van der Waals surface area contributed by atoms with E-state index in [1.54, 1.807) is 0 Å². The molecule has 6 atom stereocenters. The number of carbonyl (C=O) groups is 3. The van der Waals surface area contributed by atoms with E-state index in [0.717, 1.165) is 19.3 Å². The van der Waals surface area contributed by atoms with Gasteiger partial charge in [0.2, 0.25) is 11.8 Å². The monoisotopic (exact) mass is 546 g/mol. The third-order valence-electron chi connectivity index (χ3n) is 9.53. The molecule has 5 unspecified atom stereocenters. The summed E-state index contributed by atoms with van der Waals surface area (Å²) in [6.45, 7) is 12.6. The van der Waals surface area contributed by atoms with E-state index >= 15 is 0 Å². The Morgan fingerprint density at radius 1 is 1.13 bits per heavy atom. The van der Waals surface area contributed by atoms with Crippen molar-refractivity contribution < 1.29 is 34.4 Å². The number of rotatable bonds is 10. The summed E-state index contributed by atoms with van der Waals surface area (Å²) < 4.78 is 6.18. The molecule has 1 aliphatic heterocycles. The highest BCUT2D eigenvalue weighted by Gasteiger charge is 2.54. The molecular weight excluding hydrogens is 500 g/mol. The molecule has 9 heteroatoms. The second-order valence-corrected chi connectivity index (χ2v) is 12.1. The SMILES string of the molecule is CCC(C)C(NC(=O)C(O)Cc1ccc(O)c(O)c1)C(=O)N1CCCC1C(=O)OC1(C)CC[C@@H](CC)C1(C)C. The fourth-order valence-electron chi connectivity index (χ4n) is 6.15. The summed E-state index contributed by atoms with van der Waals surface area (Å²) in [7, 11) is 0. The van der Waals surface area contributed by atoms with E-state index in [4.69, 9.17) is 4.74 Å². The Balaban J connectivity index is 1.71. The number of hydrogen-bond donors (Lipinski definition) is 4. The van der Waals surface area contributed by atoms with Gasteiger partial charge in [-0.2, -0.15) is 0 Å². The average molecular weight is 547 g/mol. The van der Waals surface area contributed by atoms with Gasteiger partial charge in [-0.15, -0.1) is 0 Å². The van der Waals surface area contributed by atoms with Crippen LogP contribution in [0.25, 0.3) is 0 Å². The molecule has 9 nitrogen and oxygen atoms in total. The number of aromatic hydroxyl groups is 2. The number of ether oxygens (including phenoxy) is 1. The minimum atomic E-state index is -1.47. The van der Waals surface area contributed by atoms with Crippen LogP contribution < -0.4 is 5.32 Å². The number of esters is 1. The second-order valence-electron chi connectivity index (χ2n) is 12.1. The quantitative estimate of drug-likeness (QED) is 0.260. The Kier molecular flexibility index (Phi) is 9.57. The molecule has 218 valence electrons. The van der Waals surface area contributed by atoms with Crippen LogP contribution in [0.3, 0.4) is 0 Å². The predicted octanol–water partition coefficient (Wildman–Crippen LogP) is 3.67. The molecule has 0 spiro atoms. The van der Waals surface area contributed by atoms with Gasteiger partial charge in [0.1, 0.15) is 23.8 Å². The number of nitrogens with zero attached hydrogens (tertiary/aromatic N) is 1. The number of likely N-dealkylation sites (tertiary alicyclic amines) is 1. The zero-order valence-corrected chi connectivity index (χ0v) is 24.2. The van der Waals surface area contributed by atoms with Gasteiger partial charge in [-0.05, 0) is 62.1 Å². The topological polar surface area (TPSA) is 136 Å². The van der Waals surface area contributed by atoms with Gasteiger partial charge in [0.15, 0.2) is 11.5 Å². The number of carbonyl (C=O) groups excluding carboxylic acids is 3. The lowest BCUT2D eigenvalue weighted by molar-refractivity contribution is -0.177. The summed E-state index contributed by atoms with van der Waals surface area (Å²) in [5.74, 6) is -1.89. The van der Waals surface area contributed by atoms with E-state index in [2.05, 4.69) is 26.1 Å². The minimum absolute atomic E-state index is 0.104. The first-order valence-corrected chi connectivity index (χ1v) is 14.3. The van der Waals surface area contributed by atoms with Gasteiger partial charge in [-0.3, -0.25) is 9.59 Å². The third-order valence-corrected chi connectivity index (χ3v) is 9.53. The Morgan fingerprint density at radius 2 is 1.82 bits per heavy atom. The number of phenols is 2. The molecule has 4 N–H and O–H groups in total. The van der Waals surface area contributed by atoms with Gasteiger partial charge in [0.05, 0.1) is 0 Å². The zero-order valence-electron chi connectivity index (χ0n) is 24.2. The van der Waals surface area contributed by atoms with Crippen molar-refractivity contribution in [2.45, 2.75) is 110 Å². The summed E-state index contributed by atoms with van der Waals surface area (Å²) in [5, 5.41) is 32.5. The first kappa shape index (κ1) is 30.7. The summed E-state index contributed by atoms with van der Waals surface area (Å²) in [6.07, 6.45) is 3.00. The number of aliphatic hydroxyl groups excluding tert-OH is 1. The van der Waals surface area contributed by atoms with Crippen molar-refractivity contribution in [3.8, 4) is 11.5 Å². The highest BCUT2D eigenvalue weighted by atomic mass is 16.6. The Bertz CT molecular complexity index is 1060. The maximum atomic E-state index is 13.8. The van der Waals surface area contributed by atoms with Crippen LogP contribution in [0.5, 0.6) is 11.5 Å². The van der Waals surface area contributed by atoms with Crippen LogP contribution in [0, 0.1) is 17.3 Å². The minimum Gasteiger partial charge on any atom is -0.504 e. The lowest BCUT2D eigenvalue weighted by Crippen LogP contribution is -2.56. The van der Waals surface area contributed by atoms with Crippen LogP contribution in [0.2, 0.25) is 0 Å². The van der Waals surface area contributed by atoms with E-state index in [1.807, 2.05) is 20.8 Å². The van der Waals surface area contributed by atoms with Crippen LogP contribution in [-0.2, 0) is 25.5 Å². The molecule has 2 aliphatic rings. The molecule has 2 fully saturated rings. The molecule has 39 heavy (non-hydrogen) atoms. The maximum Gasteiger partial charge on any atom is 0.329 e. The fraction of sp³-hybridized carbons (Fsp3) is 0.700. The Labute approximate surface area is 231 Å². The van der Waals surface area contributed by atoms with Gasteiger partial charge in [0.25, 0.3) is 0 Å². The van der Waals surface area contributed by atoms with E-state index in [-0.39, 0.29) is 35.2 Å². The van der Waals surface area contributed by atoms with Crippen molar-refractivity contribution in [3.05, 3.63) is 23.8 Å². The summed E-state index contributed by atoms with van der Waals surface area (Å²) in [5.41, 5.74) is -0.336. The standard InChI is InChI=1S/C30H46N2O7/c1-7-18(3)25(31-26(36)24(35)17-19-11-12-22(33)23(34)16-19)27(37)32-15-9-10-21(32)28(38)39-30(6)14-13-20(8-2)29(30,4)5/h11-12,16,18,20-21,24-25,33-35H,7-10,13-15,17H2,1-6H3,(H,31,36)/t18?,20-,21?,24?,25?,30?/m1/s1. The van der Waals surface area contributed by atoms with E-state index < -0.39 is 35.7 Å². The van der Waals surface area contributed by atoms with Crippen molar-refractivity contribution in [1.82, 2.24) is 10.2 Å². The van der Waals surface area contributed by atoms with Crippen LogP contribution in [0.4, 0.5) is 0 Å². The van der Waals surface area contributed by atoms with E-state index in [9.17, 15) is 29.7 Å². The van der Waals surface area contributed by atoms with Crippen molar-refractivity contribution in [2.75, 3.05) is 6.54 Å². The molecule has 1 aromatic carbocycles. The van der Waals surface area contributed by atoms with Crippen LogP contribution in [-0.4, -0.2) is 68.3 Å². The molecule has 0 bridgehead atoms.